The molecule has 0 fully saturated rings. The van der Waals surface area contributed by atoms with Crippen LogP contribution in [0, 0.1) is 13.8 Å². The Morgan fingerprint density at radius 3 is 2.81 bits per heavy atom. The van der Waals surface area contributed by atoms with Crippen LogP contribution in [-0.4, -0.2) is 41.1 Å². The highest BCUT2D eigenvalue weighted by Crippen LogP contribution is 2.36. The van der Waals surface area contributed by atoms with Gasteiger partial charge in [-0.2, -0.15) is 0 Å². The number of benzene rings is 1. The fourth-order valence-corrected chi connectivity index (χ4v) is 4.02. The molecule has 0 spiro atoms. The number of anilines is 1. The monoisotopic (exact) mass is 385 g/mol. The van der Waals surface area contributed by atoms with E-state index in [1.165, 1.54) is 11.8 Å². The van der Waals surface area contributed by atoms with E-state index in [2.05, 4.69) is 10.3 Å². The van der Waals surface area contributed by atoms with Gasteiger partial charge in [-0.05, 0) is 39.0 Å². The summed E-state index contributed by atoms with van der Waals surface area (Å²) in [7, 11) is 3.37. The van der Waals surface area contributed by atoms with Crippen molar-refractivity contribution in [1.82, 2.24) is 9.88 Å². The maximum atomic E-state index is 12.9. The first kappa shape index (κ1) is 19.2. The number of nitrogens with one attached hydrogen (secondary N) is 1. The molecular formula is C20H23N3O3S. The smallest absolute Gasteiger partial charge is 0.254 e. The lowest BCUT2D eigenvalue weighted by Crippen LogP contribution is -2.29. The second-order valence-corrected chi connectivity index (χ2v) is 8.05. The van der Waals surface area contributed by atoms with Gasteiger partial charge in [-0.3, -0.25) is 14.6 Å². The molecule has 3 rings (SSSR count). The van der Waals surface area contributed by atoms with Crippen molar-refractivity contribution in [2.24, 2.45) is 0 Å². The predicted molar refractivity (Wildman–Crippen MR) is 106 cm³/mol. The number of nitrogens with zero attached hydrogens (tertiary/aromatic N) is 2. The largest absolute Gasteiger partial charge is 0.496 e. The molecule has 1 aromatic heterocycles. The number of thioether (sulfide) groups is 1. The molecule has 1 N–H and O–H groups in total. The molecule has 1 aromatic carbocycles. The Bertz CT molecular complexity index is 914. The summed E-state index contributed by atoms with van der Waals surface area (Å²) in [6, 6.07) is 5.42. The highest BCUT2D eigenvalue weighted by molar-refractivity contribution is 8.00. The molecule has 0 saturated heterocycles. The van der Waals surface area contributed by atoms with Gasteiger partial charge in [0.2, 0.25) is 5.91 Å². The minimum Gasteiger partial charge on any atom is -0.496 e. The van der Waals surface area contributed by atoms with Crippen molar-refractivity contribution in [2.75, 3.05) is 19.5 Å². The third-order valence-corrected chi connectivity index (χ3v) is 5.82. The van der Waals surface area contributed by atoms with Crippen molar-refractivity contribution >= 4 is 29.3 Å². The third kappa shape index (κ3) is 3.78. The number of rotatable bonds is 4. The van der Waals surface area contributed by atoms with Crippen LogP contribution in [0.15, 0.2) is 29.3 Å². The molecule has 142 valence electrons. The Balaban J connectivity index is 1.81. The van der Waals surface area contributed by atoms with Crippen LogP contribution in [0.4, 0.5) is 5.69 Å². The summed E-state index contributed by atoms with van der Waals surface area (Å²) in [5.74, 6) is 0.622. The zero-order valence-electron chi connectivity index (χ0n) is 16.1. The van der Waals surface area contributed by atoms with Gasteiger partial charge >= 0.3 is 0 Å². The van der Waals surface area contributed by atoms with Crippen molar-refractivity contribution in [3.63, 3.8) is 0 Å². The second-order valence-electron chi connectivity index (χ2n) is 6.67. The third-order valence-electron chi connectivity index (χ3n) is 4.64. The maximum Gasteiger partial charge on any atom is 0.254 e. The lowest BCUT2D eigenvalue weighted by molar-refractivity contribution is -0.115. The fourth-order valence-electron chi connectivity index (χ4n) is 3.09. The Labute approximate surface area is 163 Å². The SMILES string of the molecule is COc1c(C)cnc(CN(C)C(=O)c2ccc3c(c2)NC(=O)[C@@H](C)S3)c1C. The summed E-state index contributed by atoms with van der Waals surface area (Å²) >= 11 is 1.50. The van der Waals surface area contributed by atoms with E-state index in [9.17, 15) is 9.59 Å². The van der Waals surface area contributed by atoms with Gasteiger partial charge < -0.3 is 15.0 Å². The Hall–Kier alpha value is -2.54. The number of methoxy groups -OCH3 is 1. The number of hydrogen-bond donors (Lipinski definition) is 1. The van der Waals surface area contributed by atoms with Crippen molar-refractivity contribution in [1.29, 1.82) is 0 Å². The number of carbonyl (C=O) groups is 2. The van der Waals surface area contributed by atoms with E-state index in [0.717, 1.165) is 27.5 Å². The Morgan fingerprint density at radius 1 is 1.37 bits per heavy atom. The van der Waals surface area contributed by atoms with Crippen molar-refractivity contribution < 1.29 is 14.3 Å². The first-order valence-corrected chi connectivity index (χ1v) is 9.56. The zero-order chi connectivity index (χ0) is 19.7. The first-order valence-electron chi connectivity index (χ1n) is 8.68. The number of ether oxygens (including phenoxy) is 1. The average molecular weight is 385 g/mol. The quantitative estimate of drug-likeness (QED) is 0.873. The minimum absolute atomic E-state index is 0.0444. The molecule has 27 heavy (non-hydrogen) atoms. The first-order chi connectivity index (χ1) is 12.8. The van der Waals surface area contributed by atoms with Crippen LogP contribution < -0.4 is 10.1 Å². The van der Waals surface area contributed by atoms with E-state index >= 15 is 0 Å². The zero-order valence-corrected chi connectivity index (χ0v) is 16.9. The number of aromatic nitrogens is 1. The fraction of sp³-hybridized carbons (Fsp3) is 0.350. The summed E-state index contributed by atoms with van der Waals surface area (Å²) in [6.45, 7) is 6.12. The van der Waals surface area contributed by atoms with Gasteiger partial charge in [0, 0.05) is 34.8 Å². The van der Waals surface area contributed by atoms with E-state index in [0.29, 0.717) is 17.8 Å². The van der Waals surface area contributed by atoms with Crippen LogP contribution in [0.2, 0.25) is 0 Å². The molecule has 2 aromatic rings. The van der Waals surface area contributed by atoms with Gasteiger partial charge in [-0.25, -0.2) is 0 Å². The molecule has 1 aliphatic rings. The molecule has 0 unspecified atom stereocenters. The summed E-state index contributed by atoms with van der Waals surface area (Å²) in [4.78, 5) is 31.8. The molecule has 1 aliphatic heterocycles. The van der Waals surface area contributed by atoms with Crippen molar-refractivity contribution in [2.45, 2.75) is 37.5 Å². The van der Waals surface area contributed by atoms with E-state index in [1.807, 2.05) is 26.8 Å². The normalized spacial score (nSPS) is 15.7. The van der Waals surface area contributed by atoms with E-state index in [-0.39, 0.29) is 17.1 Å². The number of fused-ring (bicyclic) bond motifs is 1. The van der Waals surface area contributed by atoms with Crippen molar-refractivity contribution in [3.8, 4) is 5.75 Å². The van der Waals surface area contributed by atoms with Crippen LogP contribution in [-0.2, 0) is 11.3 Å². The van der Waals surface area contributed by atoms with E-state index in [1.54, 1.807) is 37.4 Å². The van der Waals surface area contributed by atoms with Gasteiger partial charge in [0.05, 0.1) is 30.3 Å². The van der Waals surface area contributed by atoms with Crippen LogP contribution in [0.25, 0.3) is 0 Å². The average Bonchev–Trinajstić information content (AvgIpc) is 2.64. The molecule has 0 radical (unpaired) electrons. The van der Waals surface area contributed by atoms with Crippen LogP contribution >= 0.6 is 11.8 Å². The van der Waals surface area contributed by atoms with Crippen molar-refractivity contribution in [3.05, 3.63) is 46.8 Å². The van der Waals surface area contributed by atoms with E-state index < -0.39 is 0 Å². The topological polar surface area (TPSA) is 71.5 Å². The lowest BCUT2D eigenvalue weighted by Gasteiger charge is -2.23. The van der Waals surface area contributed by atoms with Gasteiger partial charge in [0.1, 0.15) is 5.75 Å². The number of aryl methyl sites for hydroxylation is 1. The van der Waals surface area contributed by atoms with E-state index in [4.69, 9.17) is 4.74 Å². The minimum atomic E-state index is -0.132. The Morgan fingerprint density at radius 2 is 2.11 bits per heavy atom. The predicted octanol–water partition coefficient (Wildman–Crippen LogP) is 3.41. The van der Waals surface area contributed by atoms with Crippen LogP contribution in [0.3, 0.4) is 0 Å². The summed E-state index contributed by atoms with van der Waals surface area (Å²) < 4.78 is 5.44. The Kier molecular flexibility index (Phi) is 5.41. The second kappa shape index (κ2) is 7.60. The number of pyridine rings is 1. The van der Waals surface area contributed by atoms with Crippen LogP contribution in [0.1, 0.15) is 34.1 Å². The standard InChI is InChI=1S/C20H23N3O3S/c1-11-9-21-16(12(2)18(11)26-5)10-23(4)20(25)14-6-7-17-15(8-14)22-19(24)13(3)27-17/h6-9,13H,10H2,1-5H3,(H,22,24)/t13-/m1/s1. The molecule has 7 heteroatoms. The van der Waals surface area contributed by atoms with Gasteiger partial charge in [-0.1, -0.05) is 0 Å². The number of hydrogen-bond acceptors (Lipinski definition) is 5. The highest BCUT2D eigenvalue weighted by Gasteiger charge is 2.24. The number of amides is 2. The molecular weight excluding hydrogens is 362 g/mol. The summed E-state index contributed by atoms with van der Waals surface area (Å²) in [5, 5.41) is 2.73. The maximum absolute atomic E-state index is 12.9. The van der Waals surface area contributed by atoms with Crippen LogP contribution in [0.5, 0.6) is 5.75 Å². The molecule has 6 nitrogen and oxygen atoms in total. The van der Waals surface area contributed by atoms with Gasteiger partial charge in [0.15, 0.2) is 0 Å². The highest BCUT2D eigenvalue weighted by atomic mass is 32.2. The summed E-state index contributed by atoms with van der Waals surface area (Å²) in [6.07, 6.45) is 1.76. The van der Waals surface area contributed by atoms with Gasteiger partial charge in [-0.15, -0.1) is 11.8 Å². The molecule has 0 saturated carbocycles. The number of carbonyl (C=O) groups excluding carboxylic acids is 2. The molecule has 0 aliphatic carbocycles. The lowest BCUT2D eigenvalue weighted by atomic mass is 10.1. The molecule has 2 amide bonds. The molecule has 2 heterocycles. The molecule has 1 atom stereocenters. The summed E-state index contributed by atoms with van der Waals surface area (Å²) in [5.41, 5.74) is 3.91. The van der Waals surface area contributed by atoms with Gasteiger partial charge in [0.25, 0.3) is 5.91 Å². The molecule has 0 bridgehead atoms.